The lowest BCUT2D eigenvalue weighted by Gasteiger charge is -2.09. The molecule has 2 aromatic heterocycles. The fourth-order valence-corrected chi connectivity index (χ4v) is 1.96. The number of carbonyl (C=O) groups is 2. The molecule has 0 fully saturated rings. The van der Waals surface area contributed by atoms with E-state index in [0.717, 1.165) is 0 Å². The molecule has 0 aliphatic heterocycles. The van der Waals surface area contributed by atoms with Gasteiger partial charge in [0, 0.05) is 6.92 Å². The molecule has 0 aliphatic rings. The van der Waals surface area contributed by atoms with Crippen molar-refractivity contribution in [2.24, 2.45) is 0 Å². The summed E-state index contributed by atoms with van der Waals surface area (Å²) in [5.41, 5.74) is 0.513. The van der Waals surface area contributed by atoms with Crippen molar-refractivity contribution in [1.29, 1.82) is 0 Å². The van der Waals surface area contributed by atoms with E-state index in [1.54, 1.807) is 37.3 Å². The Bertz CT molecular complexity index is 854. The highest BCUT2D eigenvalue weighted by atomic mass is 16.5. The highest BCUT2D eigenvalue weighted by molar-refractivity contribution is 6.06. The number of para-hydroxylation sites is 1. The zero-order valence-corrected chi connectivity index (χ0v) is 12.7. The summed E-state index contributed by atoms with van der Waals surface area (Å²) >= 11 is 0. The summed E-state index contributed by atoms with van der Waals surface area (Å²) in [6.45, 7) is 1.48. The second-order valence-electron chi connectivity index (χ2n) is 4.77. The molecule has 1 aromatic carbocycles. The molecule has 0 saturated heterocycles. The number of nitrogens with zero attached hydrogens (tertiary/aromatic N) is 2. The van der Waals surface area contributed by atoms with E-state index in [4.69, 9.17) is 13.6 Å². The Hall–Kier alpha value is -3.42. The largest absolute Gasteiger partial charge is 0.459 e. The Morgan fingerprint density at radius 2 is 2.00 bits per heavy atom. The van der Waals surface area contributed by atoms with E-state index in [0.29, 0.717) is 11.6 Å². The van der Waals surface area contributed by atoms with Gasteiger partial charge in [-0.15, -0.1) is 10.2 Å². The SMILES string of the molecule is Cc1nnc(COC(=O)c2ccccc2NC(=O)c2ccco2)o1. The van der Waals surface area contributed by atoms with Crippen LogP contribution >= 0.6 is 0 Å². The Balaban J connectivity index is 1.71. The van der Waals surface area contributed by atoms with Crippen molar-refractivity contribution >= 4 is 17.6 Å². The predicted molar refractivity (Wildman–Crippen MR) is 81.3 cm³/mol. The minimum absolute atomic E-state index is 0.138. The van der Waals surface area contributed by atoms with Crippen molar-refractivity contribution in [3.8, 4) is 0 Å². The van der Waals surface area contributed by atoms with Crippen molar-refractivity contribution in [2.45, 2.75) is 13.5 Å². The number of hydrogen-bond donors (Lipinski definition) is 1. The normalized spacial score (nSPS) is 10.4. The second kappa shape index (κ2) is 6.78. The minimum atomic E-state index is -0.624. The molecule has 1 amide bonds. The summed E-state index contributed by atoms with van der Waals surface area (Å²) in [6.07, 6.45) is 1.39. The lowest BCUT2D eigenvalue weighted by atomic mass is 10.1. The molecule has 24 heavy (non-hydrogen) atoms. The highest BCUT2D eigenvalue weighted by Gasteiger charge is 2.17. The quantitative estimate of drug-likeness (QED) is 0.717. The first kappa shape index (κ1) is 15.5. The third kappa shape index (κ3) is 3.49. The molecule has 8 heteroatoms. The number of aromatic nitrogens is 2. The first-order valence-electron chi connectivity index (χ1n) is 7.03. The smallest absolute Gasteiger partial charge is 0.340 e. The van der Waals surface area contributed by atoms with Gasteiger partial charge < -0.3 is 18.9 Å². The number of esters is 1. The van der Waals surface area contributed by atoms with Gasteiger partial charge in [0.1, 0.15) is 0 Å². The van der Waals surface area contributed by atoms with E-state index in [1.807, 2.05) is 0 Å². The molecular formula is C16H13N3O5. The molecule has 0 spiro atoms. The van der Waals surface area contributed by atoms with Gasteiger partial charge in [-0.1, -0.05) is 12.1 Å². The van der Waals surface area contributed by atoms with Crippen LogP contribution in [0.5, 0.6) is 0 Å². The number of amides is 1. The van der Waals surface area contributed by atoms with Gasteiger partial charge in [-0.25, -0.2) is 4.79 Å². The number of ether oxygens (including phenoxy) is 1. The number of nitrogens with one attached hydrogen (secondary N) is 1. The Kier molecular flexibility index (Phi) is 4.37. The van der Waals surface area contributed by atoms with Crippen LogP contribution in [0.1, 0.15) is 32.7 Å². The molecule has 8 nitrogen and oxygen atoms in total. The summed E-state index contributed by atoms with van der Waals surface area (Å²) in [7, 11) is 0. The number of rotatable bonds is 5. The average molecular weight is 327 g/mol. The number of benzene rings is 1. The molecule has 2 heterocycles. The molecular weight excluding hydrogens is 314 g/mol. The summed E-state index contributed by atoms with van der Waals surface area (Å²) in [5, 5.41) is 10.00. The standard InChI is InChI=1S/C16H13N3O5/c1-10-18-19-14(24-10)9-23-16(21)11-5-2-3-6-12(11)17-15(20)13-7-4-8-22-13/h2-8H,9H2,1H3,(H,17,20). The van der Waals surface area contributed by atoms with Crippen LogP contribution in [-0.2, 0) is 11.3 Å². The van der Waals surface area contributed by atoms with Crippen LogP contribution in [0.15, 0.2) is 51.5 Å². The van der Waals surface area contributed by atoms with E-state index in [1.165, 1.54) is 12.3 Å². The summed E-state index contributed by atoms with van der Waals surface area (Å²) in [6, 6.07) is 9.61. The van der Waals surface area contributed by atoms with Crippen LogP contribution < -0.4 is 5.32 Å². The fraction of sp³-hybridized carbons (Fsp3) is 0.125. The molecule has 122 valence electrons. The van der Waals surface area contributed by atoms with Crippen molar-refractivity contribution in [1.82, 2.24) is 10.2 Å². The maximum Gasteiger partial charge on any atom is 0.340 e. The van der Waals surface area contributed by atoms with Gasteiger partial charge in [0.15, 0.2) is 12.4 Å². The van der Waals surface area contributed by atoms with Crippen LogP contribution in [0, 0.1) is 6.92 Å². The Labute approximate surface area is 136 Å². The molecule has 0 unspecified atom stereocenters. The number of anilines is 1. The number of furan rings is 1. The topological polar surface area (TPSA) is 107 Å². The fourth-order valence-electron chi connectivity index (χ4n) is 1.96. The van der Waals surface area contributed by atoms with Gasteiger partial charge in [-0.3, -0.25) is 4.79 Å². The molecule has 3 aromatic rings. The third-order valence-corrected chi connectivity index (χ3v) is 3.03. The van der Waals surface area contributed by atoms with E-state index < -0.39 is 11.9 Å². The highest BCUT2D eigenvalue weighted by Crippen LogP contribution is 2.18. The zero-order valence-electron chi connectivity index (χ0n) is 12.7. The van der Waals surface area contributed by atoms with E-state index in [9.17, 15) is 9.59 Å². The number of aryl methyl sites for hydroxylation is 1. The van der Waals surface area contributed by atoms with E-state index in [-0.39, 0.29) is 23.8 Å². The monoisotopic (exact) mass is 327 g/mol. The first-order chi connectivity index (χ1) is 11.6. The number of hydrogen-bond acceptors (Lipinski definition) is 7. The van der Waals surface area contributed by atoms with E-state index >= 15 is 0 Å². The summed E-state index contributed by atoms with van der Waals surface area (Å²) < 4.78 is 15.3. The lowest BCUT2D eigenvalue weighted by molar-refractivity contribution is 0.0438. The molecule has 0 saturated carbocycles. The van der Waals surface area contributed by atoms with Gasteiger partial charge in [0.2, 0.25) is 5.89 Å². The maximum atomic E-state index is 12.2. The molecule has 0 atom stereocenters. The van der Waals surface area contributed by atoms with Gasteiger partial charge in [-0.2, -0.15) is 0 Å². The lowest BCUT2D eigenvalue weighted by Crippen LogP contribution is -2.15. The van der Waals surface area contributed by atoms with Gasteiger partial charge >= 0.3 is 5.97 Å². The van der Waals surface area contributed by atoms with Crippen molar-refractivity contribution < 1.29 is 23.2 Å². The Morgan fingerprint density at radius 3 is 2.71 bits per heavy atom. The van der Waals surface area contributed by atoms with Crippen molar-refractivity contribution in [3.63, 3.8) is 0 Å². The van der Waals surface area contributed by atoms with Crippen molar-refractivity contribution in [3.05, 3.63) is 65.8 Å². The molecule has 0 aliphatic carbocycles. The molecule has 0 radical (unpaired) electrons. The van der Waals surface area contributed by atoms with Crippen LogP contribution in [0.25, 0.3) is 0 Å². The van der Waals surface area contributed by atoms with Gasteiger partial charge in [0.25, 0.3) is 11.8 Å². The van der Waals surface area contributed by atoms with Crippen LogP contribution in [0.2, 0.25) is 0 Å². The predicted octanol–water partition coefficient (Wildman–Crippen LogP) is 2.58. The van der Waals surface area contributed by atoms with Crippen LogP contribution in [-0.4, -0.2) is 22.1 Å². The van der Waals surface area contributed by atoms with Gasteiger partial charge in [-0.05, 0) is 24.3 Å². The third-order valence-electron chi connectivity index (χ3n) is 3.03. The first-order valence-corrected chi connectivity index (χ1v) is 7.03. The summed E-state index contributed by atoms with van der Waals surface area (Å²) in [5.74, 6) is -0.376. The van der Waals surface area contributed by atoms with Crippen LogP contribution in [0.4, 0.5) is 5.69 Å². The maximum absolute atomic E-state index is 12.2. The molecule has 3 rings (SSSR count). The number of carbonyl (C=O) groups excluding carboxylic acids is 2. The summed E-state index contributed by atoms with van der Waals surface area (Å²) in [4.78, 5) is 24.3. The van der Waals surface area contributed by atoms with Gasteiger partial charge in [0.05, 0.1) is 17.5 Å². The zero-order chi connectivity index (χ0) is 16.9. The molecule has 1 N–H and O–H groups in total. The average Bonchev–Trinajstić information content (AvgIpc) is 3.25. The van der Waals surface area contributed by atoms with E-state index in [2.05, 4.69) is 15.5 Å². The van der Waals surface area contributed by atoms with Crippen LogP contribution in [0.3, 0.4) is 0 Å². The second-order valence-corrected chi connectivity index (χ2v) is 4.77. The minimum Gasteiger partial charge on any atom is -0.459 e. The van der Waals surface area contributed by atoms with Crippen molar-refractivity contribution in [2.75, 3.05) is 5.32 Å². The molecule has 0 bridgehead atoms. The Morgan fingerprint density at radius 1 is 1.17 bits per heavy atom.